The van der Waals surface area contributed by atoms with Crippen LogP contribution in [-0.2, 0) is 11.3 Å². The van der Waals surface area contributed by atoms with Crippen LogP contribution in [0.2, 0.25) is 0 Å². The van der Waals surface area contributed by atoms with Crippen LogP contribution >= 0.6 is 0 Å². The number of piperidine rings is 2. The third-order valence-electron chi connectivity index (χ3n) is 9.45. The smallest absolute Gasteiger partial charge is 0.410 e. The number of likely N-dealkylation sites (tertiary alicyclic amines) is 1. The van der Waals surface area contributed by atoms with E-state index in [9.17, 15) is 14.4 Å². The number of fused-ring (bicyclic) bond motifs is 2. The number of amides is 3. The van der Waals surface area contributed by atoms with E-state index in [2.05, 4.69) is 49.6 Å². The van der Waals surface area contributed by atoms with Gasteiger partial charge < -0.3 is 34.7 Å². The van der Waals surface area contributed by atoms with E-state index in [1.165, 1.54) is 5.39 Å². The lowest BCUT2D eigenvalue weighted by molar-refractivity contribution is 0.0833. The maximum absolute atomic E-state index is 12.4. The summed E-state index contributed by atoms with van der Waals surface area (Å²) in [6.07, 6.45) is 7.97. The van der Waals surface area contributed by atoms with E-state index in [0.29, 0.717) is 37.3 Å². The third-order valence-corrected chi connectivity index (χ3v) is 9.45. The van der Waals surface area contributed by atoms with Gasteiger partial charge in [-0.05, 0) is 91.5 Å². The molecule has 0 saturated carbocycles. The molecule has 0 atom stereocenters. The summed E-state index contributed by atoms with van der Waals surface area (Å²) in [6.45, 7) is 3.75. The molecule has 3 amide bonds. The molecule has 0 bridgehead atoms. The fourth-order valence-corrected chi connectivity index (χ4v) is 6.73. The topological polar surface area (TPSA) is 110 Å². The molecule has 5 aromatic rings. The standard InChI is InChI=1S/C23H25N3O3.C15H19N3O/c1-24-22(27)19-8-7-18-9-14-26(21(18)15-19)20-10-12-25(13-11-20)23(28)29-16-17-5-3-2-4-6-17;1-16-15(19)12-3-2-11-6-9-18(14(11)10-12)13-4-7-17-8-5-13/h2-9,14-15,20H,10-13,16H2,1H3,(H,24,27);2-3,6,9-10,13,17H,4-5,7-8H2,1H3,(H,16,19). The molecule has 3 aromatic carbocycles. The van der Waals surface area contributed by atoms with E-state index in [1.54, 1.807) is 19.0 Å². The van der Waals surface area contributed by atoms with E-state index >= 15 is 0 Å². The Kier molecular flexibility index (Phi) is 10.4. The minimum Gasteiger partial charge on any atom is -0.445 e. The molecule has 10 nitrogen and oxygen atoms in total. The molecule has 0 spiro atoms. The summed E-state index contributed by atoms with van der Waals surface area (Å²) in [4.78, 5) is 37.9. The average Bonchev–Trinajstić information content (AvgIpc) is 3.78. The molecule has 2 aromatic heterocycles. The highest BCUT2D eigenvalue weighted by atomic mass is 16.6. The average molecular weight is 649 g/mol. The van der Waals surface area contributed by atoms with Gasteiger partial charge in [0.15, 0.2) is 0 Å². The zero-order valence-electron chi connectivity index (χ0n) is 27.7. The summed E-state index contributed by atoms with van der Waals surface area (Å²) in [5, 5.41) is 11.1. The van der Waals surface area contributed by atoms with Crippen LogP contribution in [0.5, 0.6) is 0 Å². The first kappa shape index (κ1) is 32.8. The van der Waals surface area contributed by atoms with Crippen molar-refractivity contribution >= 4 is 39.7 Å². The Bertz CT molecular complexity index is 1870. The molecular formula is C38H44N6O4. The van der Waals surface area contributed by atoms with Crippen molar-refractivity contribution < 1.29 is 19.1 Å². The molecule has 0 aliphatic carbocycles. The van der Waals surface area contributed by atoms with Crippen LogP contribution < -0.4 is 16.0 Å². The Labute approximate surface area is 281 Å². The highest BCUT2D eigenvalue weighted by molar-refractivity contribution is 5.98. The zero-order chi connectivity index (χ0) is 33.5. The predicted octanol–water partition coefficient (Wildman–Crippen LogP) is 5.90. The molecule has 7 rings (SSSR count). The van der Waals surface area contributed by atoms with Crippen LogP contribution in [-0.4, -0.2) is 72.2 Å². The van der Waals surface area contributed by atoms with E-state index in [4.69, 9.17) is 4.74 Å². The Hall–Kier alpha value is -5.09. The van der Waals surface area contributed by atoms with Crippen molar-refractivity contribution in [3.8, 4) is 0 Å². The van der Waals surface area contributed by atoms with Gasteiger partial charge in [0.1, 0.15) is 6.61 Å². The van der Waals surface area contributed by atoms with Crippen LogP contribution in [0, 0.1) is 0 Å². The number of hydrogen-bond donors (Lipinski definition) is 3. The maximum Gasteiger partial charge on any atom is 0.410 e. The lowest BCUT2D eigenvalue weighted by Crippen LogP contribution is -2.39. The number of nitrogens with zero attached hydrogens (tertiary/aromatic N) is 3. The second-order valence-corrected chi connectivity index (χ2v) is 12.4. The lowest BCUT2D eigenvalue weighted by atomic mass is 10.0. The highest BCUT2D eigenvalue weighted by Gasteiger charge is 2.25. The minimum atomic E-state index is -0.258. The van der Waals surface area contributed by atoms with Crippen molar-refractivity contribution in [1.82, 2.24) is 30.0 Å². The first-order valence-corrected chi connectivity index (χ1v) is 16.8. The second kappa shape index (κ2) is 15.2. The number of carbonyl (C=O) groups is 3. The Balaban J connectivity index is 0.000000182. The Morgan fingerprint density at radius 1 is 0.708 bits per heavy atom. The van der Waals surface area contributed by atoms with Crippen LogP contribution in [0.3, 0.4) is 0 Å². The van der Waals surface area contributed by atoms with E-state index in [1.807, 2.05) is 66.7 Å². The summed E-state index contributed by atoms with van der Waals surface area (Å²) < 4.78 is 10.0. The van der Waals surface area contributed by atoms with Gasteiger partial charge in [-0.15, -0.1) is 0 Å². The van der Waals surface area contributed by atoms with Crippen molar-refractivity contribution in [1.29, 1.82) is 0 Å². The Morgan fingerprint density at radius 2 is 1.23 bits per heavy atom. The Morgan fingerprint density at radius 3 is 1.75 bits per heavy atom. The van der Waals surface area contributed by atoms with E-state index < -0.39 is 0 Å². The third kappa shape index (κ3) is 7.39. The fraction of sp³-hybridized carbons (Fsp3) is 0.342. The van der Waals surface area contributed by atoms with Crippen molar-refractivity contribution in [2.24, 2.45) is 0 Å². The van der Waals surface area contributed by atoms with Gasteiger partial charge in [0.2, 0.25) is 0 Å². The molecule has 250 valence electrons. The minimum absolute atomic E-state index is 0.0278. The summed E-state index contributed by atoms with van der Waals surface area (Å²) in [6, 6.07) is 26.4. The molecule has 2 aliphatic heterocycles. The first-order chi connectivity index (χ1) is 23.4. The van der Waals surface area contributed by atoms with Crippen molar-refractivity contribution in [2.45, 2.75) is 44.4 Å². The van der Waals surface area contributed by atoms with Gasteiger partial charge in [-0.2, -0.15) is 0 Å². The number of benzene rings is 3. The van der Waals surface area contributed by atoms with Crippen LogP contribution in [0.1, 0.15) is 64.0 Å². The zero-order valence-corrected chi connectivity index (χ0v) is 27.7. The number of hydrogen-bond acceptors (Lipinski definition) is 5. The van der Waals surface area contributed by atoms with E-state index in [0.717, 1.165) is 66.3 Å². The van der Waals surface area contributed by atoms with Gasteiger partial charge in [-0.25, -0.2) is 4.79 Å². The van der Waals surface area contributed by atoms with Gasteiger partial charge >= 0.3 is 6.09 Å². The number of aromatic nitrogens is 2. The van der Waals surface area contributed by atoms with Crippen molar-refractivity contribution in [2.75, 3.05) is 40.3 Å². The monoisotopic (exact) mass is 648 g/mol. The molecule has 2 fully saturated rings. The number of ether oxygens (including phenoxy) is 1. The maximum atomic E-state index is 12.4. The normalized spacial score (nSPS) is 15.5. The molecular weight excluding hydrogens is 604 g/mol. The molecule has 2 aliphatic rings. The van der Waals surface area contributed by atoms with Gasteiger partial charge in [-0.1, -0.05) is 42.5 Å². The fourth-order valence-electron chi connectivity index (χ4n) is 6.73. The second-order valence-electron chi connectivity index (χ2n) is 12.4. The number of carbonyl (C=O) groups excluding carboxylic acids is 3. The molecule has 10 heteroatoms. The molecule has 0 unspecified atom stereocenters. The van der Waals surface area contributed by atoms with Crippen molar-refractivity contribution in [3.63, 3.8) is 0 Å². The summed E-state index contributed by atoms with van der Waals surface area (Å²) in [7, 11) is 3.30. The lowest BCUT2D eigenvalue weighted by Gasteiger charge is -2.32. The predicted molar refractivity (Wildman–Crippen MR) is 188 cm³/mol. The summed E-state index contributed by atoms with van der Waals surface area (Å²) in [5.41, 5.74) is 4.58. The summed E-state index contributed by atoms with van der Waals surface area (Å²) >= 11 is 0. The van der Waals surface area contributed by atoms with E-state index in [-0.39, 0.29) is 17.9 Å². The first-order valence-electron chi connectivity index (χ1n) is 16.8. The number of nitrogens with one attached hydrogen (secondary N) is 3. The highest BCUT2D eigenvalue weighted by Crippen LogP contribution is 2.29. The molecule has 4 heterocycles. The molecule has 2 saturated heterocycles. The van der Waals surface area contributed by atoms with Gasteiger partial charge in [0.05, 0.1) is 0 Å². The number of rotatable bonds is 6. The molecule has 0 radical (unpaired) electrons. The quantitative estimate of drug-likeness (QED) is 0.213. The van der Waals surface area contributed by atoms with Gasteiger partial charge in [0.25, 0.3) is 11.8 Å². The molecule has 48 heavy (non-hydrogen) atoms. The SMILES string of the molecule is CNC(=O)c1ccc2ccn(C3CCN(C(=O)OCc4ccccc4)CC3)c2c1.CNC(=O)c1ccc2ccn(C3CCNCC3)c2c1. The van der Waals surface area contributed by atoms with Gasteiger partial charge in [-0.3, -0.25) is 9.59 Å². The van der Waals surface area contributed by atoms with Crippen LogP contribution in [0.4, 0.5) is 4.79 Å². The van der Waals surface area contributed by atoms with Crippen molar-refractivity contribution in [3.05, 3.63) is 108 Å². The molecule has 3 N–H and O–H groups in total. The van der Waals surface area contributed by atoms with Crippen LogP contribution in [0.25, 0.3) is 21.8 Å². The largest absolute Gasteiger partial charge is 0.445 e. The van der Waals surface area contributed by atoms with Gasteiger partial charge in [0, 0.05) is 73.8 Å². The summed E-state index contributed by atoms with van der Waals surface area (Å²) in [5.74, 6) is -0.115. The van der Waals surface area contributed by atoms with Crippen LogP contribution in [0.15, 0.2) is 91.3 Å².